The van der Waals surface area contributed by atoms with Crippen LogP contribution in [0.2, 0.25) is 0 Å². The minimum atomic E-state index is -3.97. The highest BCUT2D eigenvalue weighted by atomic mass is 79.9. The van der Waals surface area contributed by atoms with Crippen LogP contribution >= 0.6 is 15.9 Å². The number of methoxy groups -OCH3 is 1. The maximum atomic E-state index is 14.1. The maximum Gasteiger partial charge on any atom is 0.246 e. The monoisotopic (exact) mass is 369 g/mol. The van der Waals surface area contributed by atoms with E-state index in [-0.39, 0.29) is 25.3 Å². The molecule has 0 bridgehead atoms. The van der Waals surface area contributed by atoms with Crippen LogP contribution in [0.4, 0.5) is 4.39 Å². The number of hydrogen-bond acceptors (Lipinski definition) is 4. The van der Waals surface area contributed by atoms with Gasteiger partial charge in [0, 0.05) is 30.2 Å². The molecule has 1 rings (SSSR count). The van der Waals surface area contributed by atoms with E-state index in [1.165, 1.54) is 19.2 Å². The van der Waals surface area contributed by atoms with Crippen LogP contribution in [0.3, 0.4) is 0 Å². The number of hydrogen-bond donors (Lipinski definition) is 1. The van der Waals surface area contributed by atoms with E-state index in [4.69, 9.17) is 9.84 Å². The van der Waals surface area contributed by atoms with Gasteiger partial charge in [0.25, 0.3) is 0 Å². The molecule has 0 heterocycles. The fourth-order valence-electron chi connectivity index (χ4n) is 1.70. The molecule has 0 saturated carbocycles. The van der Waals surface area contributed by atoms with Gasteiger partial charge in [0.2, 0.25) is 10.0 Å². The molecule has 0 atom stereocenters. The van der Waals surface area contributed by atoms with Gasteiger partial charge < -0.3 is 9.84 Å². The first kappa shape index (κ1) is 17.5. The summed E-state index contributed by atoms with van der Waals surface area (Å²) < 4.78 is 45.4. The Hall–Kier alpha value is -0.540. The molecule has 0 fully saturated rings. The number of sulfonamides is 1. The Balaban J connectivity index is 3.30. The lowest BCUT2D eigenvalue weighted by Gasteiger charge is -2.21. The summed E-state index contributed by atoms with van der Waals surface area (Å²) in [6.07, 6.45) is 0. The number of rotatable bonds is 7. The lowest BCUT2D eigenvalue weighted by molar-refractivity contribution is 0.180. The fourth-order valence-corrected chi connectivity index (χ4v) is 3.92. The third kappa shape index (κ3) is 3.76. The molecule has 0 saturated heterocycles. The molecule has 0 aromatic heterocycles. The van der Waals surface area contributed by atoms with Crippen molar-refractivity contribution < 1.29 is 22.7 Å². The average molecular weight is 370 g/mol. The van der Waals surface area contributed by atoms with E-state index in [2.05, 4.69) is 15.9 Å². The second-order valence-corrected chi connectivity index (χ2v) is 6.85. The van der Waals surface area contributed by atoms with Crippen LogP contribution in [0.15, 0.2) is 21.5 Å². The summed E-state index contributed by atoms with van der Waals surface area (Å²) in [5.74, 6) is -0.924. The number of ether oxygens (including phenoxy) is 1. The van der Waals surface area contributed by atoms with Crippen molar-refractivity contribution in [2.45, 2.75) is 18.4 Å². The van der Waals surface area contributed by atoms with Gasteiger partial charge in [-0.15, -0.1) is 0 Å². The summed E-state index contributed by atoms with van der Waals surface area (Å²) in [5.41, 5.74) is -0.0688. The SMILES string of the molecule is CCN(CCOC)S(=O)(=O)c1cc(Br)cc(CO)c1F. The predicted octanol–water partition coefficient (Wildman–Crippen LogP) is 1.74. The van der Waals surface area contributed by atoms with Crippen molar-refractivity contribution in [1.29, 1.82) is 0 Å². The number of likely N-dealkylation sites (N-methyl/N-ethyl adjacent to an activating group) is 1. The van der Waals surface area contributed by atoms with E-state index in [0.29, 0.717) is 4.47 Å². The minimum Gasteiger partial charge on any atom is -0.392 e. The van der Waals surface area contributed by atoms with Gasteiger partial charge in [-0.1, -0.05) is 22.9 Å². The third-order valence-electron chi connectivity index (χ3n) is 2.77. The Morgan fingerprint density at radius 3 is 2.60 bits per heavy atom. The quantitative estimate of drug-likeness (QED) is 0.794. The molecule has 0 amide bonds. The van der Waals surface area contributed by atoms with Crippen LogP contribution in [-0.2, 0) is 21.4 Å². The van der Waals surface area contributed by atoms with Crippen molar-refractivity contribution in [1.82, 2.24) is 4.31 Å². The molecule has 8 heteroatoms. The molecule has 0 aliphatic rings. The zero-order chi connectivity index (χ0) is 15.3. The van der Waals surface area contributed by atoms with Gasteiger partial charge in [-0.05, 0) is 12.1 Å². The molecule has 20 heavy (non-hydrogen) atoms. The van der Waals surface area contributed by atoms with E-state index in [0.717, 1.165) is 4.31 Å². The molecule has 114 valence electrons. The number of aliphatic hydroxyl groups excluding tert-OH is 1. The standard InChI is InChI=1S/C12H17BrFNO4S/c1-3-15(4-5-19-2)20(17,18)11-7-10(13)6-9(8-16)12(11)14/h6-7,16H,3-5,8H2,1-2H3. The van der Waals surface area contributed by atoms with Crippen LogP contribution in [0.25, 0.3) is 0 Å². The largest absolute Gasteiger partial charge is 0.392 e. The van der Waals surface area contributed by atoms with Crippen LogP contribution in [-0.4, -0.2) is 44.6 Å². The van der Waals surface area contributed by atoms with Crippen LogP contribution in [0.5, 0.6) is 0 Å². The van der Waals surface area contributed by atoms with Crippen LogP contribution < -0.4 is 0 Å². The molecule has 0 radical (unpaired) electrons. The normalized spacial score (nSPS) is 12.1. The predicted molar refractivity (Wildman–Crippen MR) is 76.3 cm³/mol. The molecule has 1 aromatic carbocycles. The Morgan fingerprint density at radius 1 is 1.45 bits per heavy atom. The molecule has 5 nitrogen and oxygen atoms in total. The second kappa shape index (κ2) is 7.46. The molecule has 1 N–H and O–H groups in total. The summed E-state index contributed by atoms with van der Waals surface area (Å²) in [5, 5.41) is 9.08. The Labute approximate surface area is 126 Å². The molecule has 0 unspecified atom stereocenters. The van der Waals surface area contributed by atoms with Crippen molar-refractivity contribution >= 4 is 26.0 Å². The maximum absolute atomic E-state index is 14.1. The van der Waals surface area contributed by atoms with Crippen molar-refractivity contribution in [3.63, 3.8) is 0 Å². The molecule has 1 aromatic rings. The van der Waals surface area contributed by atoms with E-state index >= 15 is 0 Å². The lowest BCUT2D eigenvalue weighted by Crippen LogP contribution is -2.34. The number of nitrogens with zero attached hydrogens (tertiary/aromatic N) is 1. The first-order chi connectivity index (χ1) is 9.38. The number of aliphatic hydroxyl groups is 1. The zero-order valence-corrected chi connectivity index (χ0v) is 13.7. The first-order valence-corrected chi connectivity index (χ1v) is 8.19. The number of benzene rings is 1. The Kier molecular flexibility index (Phi) is 6.53. The van der Waals surface area contributed by atoms with Gasteiger partial charge in [-0.2, -0.15) is 4.31 Å². The molecular weight excluding hydrogens is 353 g/mol. The average Bonchev–Trinajstić information content (AvgIpc) is 2.41. The van der Waals surface area contributed by atoms with E-state index < -0.39 is 27.3 Å². The summed E-state index contributed by atoms with van der Waals surface area (Å²) in [7, 11) is -2.51. The van der Waals surface area contributed by atoms with Gasteiger partial charge in [-0.3, -0.25) is 0 Å². The number of halogens is 2. The van der Waals surface area contributed by atoms with Crippen molar-refractivity contribution in [3.05, 3.63) is 28.0 Å². The van der Waals surface area contributed by atoms with Gasteiger partial charge in [-0.25, -0.2) is 12.8 Å². The summed E-state index contributed by atoms with van der Waals surface area (Å²) >= 11 is 3.12. The van der Waals surface area contributed by atoms with E-state index in [1.54, 1.807) is 6.92 Å². The second-order valence-electron chi connectivity index (χ2n) is 4.02. The fraction of sp³-hybridized carbons (Fsp3) is 0.500. The first-order valence-electron chi connectivity index (χ1n) is 5.96. The lowest BCUT2D eigenvalue weighted by atomic mass is 10.2. The van der Waals surface area contributed by atoms with Gasteiger partial charge in [0.15, 0.2) is 0 Å². The topological polar surface area (TPSA) is 66.8 Å². The smallest absolute Gasteiger partial charge is 0.246 e. The molecule has 0 aliphatic heterocycles. The van der Waals surface area contributed by atoms with E-state index in [9.17, 15) is 12.8 Å². The van der Waals surface area contributed by atoms with Crippen molar-refractivity contribution in [2.24, 2.45) is 0 Å². The Bertz CT molecular complexity index is 565. The summed E-state index contributed by atoms with van der Waals surface area (Å²) in [6.45, 7) is 1.64. The highest BCUT2D eigenvalue weighted by Gasteiger charge is 2.28. The minimum absolute atomic E-state index is 0.0688. The molecule has 0 aliphatic carbocycles. The summed E-state index contributed by atoms with van der Waals surface area (Å²) in [4.78, 5) is -0.450. The Morgan fingerprint density at radius 2 is 2.10 bits per heavy atom. The van der Waals surface area contributed by atoms with Crippen LogP contribution in [0.1, 0.15) is 12.5 Å². The molecular formula is C12H17BrFNO4S. The van der Waals surface area contributed by atoms with E-state index in [1.807, 2.05) is 0 Å². The van der Waals surface area contributed by atoms with Crippen molar-refractivity contribution in [2.75, 3.05) is 26.8 Å². The third-order valence-corrected chi connectivity index (χ3v) is 5.20. The van der Waals surface area contributed by atoms with Gasteiger partial charge in [0.1, 0.15) is 10.7 Å². The summed E-state index contributed by atoms with van der Waals surface area (Å²) in [6, 6.07) is 2.54. The van der Waals surface area contributed by atoms with Crippen molar-refractivity contribution in [3.8, 4) is 0 Å². The molecule has 0 spiro atoms. The van der Waals surface area contributed by atoms with Crippen LogP contribution in [0, 0.1) is 5.82 Å². The van der Waals surface area contributed by atoms with Gasteiger partial charge >= 0.3 is 0 Å². The zero-order valence-electron chi connectivity index (χ0n) is 11.3. The highest BCUT2D eigenvalue weighted by molar-refractivity contribution is 9.10. The highest BCUT2D eigenvalue weighted by Crippen LogP contribution is 2.26. The van der Waals surface area contributed by atoms with Gasteiger partial charge in [0.05, 0.1) is 13.2 Å².